The summed E-state index contributed by atoms with van der Waals surface area (Å²) in [5.74, 6) is 2.17. The molecule has 0 unspecified atom stereocenters. The highest BCUT2D eigenvalue weighted by Gasteiger charge is 2.39. The van der Waals surface area contributed by atoms with Gasteiger partial charge in [0.25, 0.3) is 10.0 Å². The molecule has 1 saturated heterocycles. The Labute approximate surface area is 199 Å². The van der Waals surface area contributed by atoms with Gasteiger partial charge in [0.15, 0.2) is 5.03 Å². The van der Waals surface area contributed by atoms with E-state index in [-0.39, 0.29) is 22.9 Å². The van der Waals surface area contributed by atoms with Crippen LogP contribution in [0.1, 0.15) is 49.3 Å². The molecular formula is C23H30N8O2S. The third-order valence-corrected chi connectivity index (χ3v) is 9.15. The van der Waals surface area contributed by atoms with Gasteiger partial charge in [0, 0.05) is 45.0 Å². The summed E-state index contributed by atoms with van der Waals surface area (Å²) in [6, 6.07) is 0.141. The summed E-state index contributed by atoms with van der Waals surface area (Å²) in [7, 11) is -1.84. The van der Waals surface area contributed by atoms with E-state index in [1.54, 1.807) is 22.1 Å². The highest BCUT2D eigenvalue weighted by atomic mass is 32.2. The van der Waals surface area contributed by atoms with Gasteiger partial charge in [-0.2, -0.15) is 4.31 Å². The lowest BCUT2D eigenvalue weighted by Crippen LogP contribution is -2.44. The van der Waals surface area contributed by atoms with Crippen LogP contribution in [0.25, 0.3) is 11.4 Å². The van der Waals surface area contributed by atoms with Gasteiger partial charge in [-0.15, -0.1) is 0 Å². The number of imidazole rings is 2. The van der Waals surface area contributed by atoms with Gasteiger partial charge in [0.05, 0.1) is 23.4 Å². The largest absolute Gasteiger partial charge is 0.368 e. The van der Waals surface area contributed by atoms with Crippen LogP contribution in [0.15, 0.2) is 23.7 Å². The van der Waals surface area contributed by atoms with E-state index in [9.17, 15) is 8.42 Å². The molecule has 0 bridgehead atoms. The van der Waals surface area contributed by atoms with Crippen molar-refractivity contribution >= 4 is 16.0 Å². The summed E-state index contributed by atoms with van der Waals surface area (Å²) in [6.07, 6.45) is 10.8. The Balaban J connectivity index is 1.37. The van der Waals surface area contributed by atoms with Crippen molar-refractivity contribution in [2.45, 2.75) is 56.5 Å². The Hall–Kier alpha value is -2.79. The minimum atomic E-state index is -3.62. The van der Waals surface area contributed by atoms with Crippen molar-refractivity contribution in [3.05, 3.63) is 35.8 Å². The van der Waals surface area contributed by atoms with Crippen LogP contribution >= 0.6 is 0 Å². The fourth-order valence-electron chi connectivity index (χ4n) is 5.45. The zero-order chi connectivity index (χ0) is 23.6. The van der Waals surface area contributed by atoms with Crippen molar-refractivity contribution in [3.63, 3.8) is 0 Å². The van der Waals surface area contributed by atoms with E-state index >= 15 is 0 Å². The molecular weight excluding hydrogens is 452 g/mol. The second-order valence-electron chi connectivity index (χ2n) is 10.0. The predicted octanol–water partition coefficient (Wildman–Crippen LogP) is 1.98. The molecule has 10 nitrogen and oxygen atoms in total. The topological polar surface area (TPSA) is 125 Å². The number of nitrogens with two attached hydrogens (primary N) is 1. The quantitative estimate of drug-likeness (QED) is 0.589. The lowest BCUT2D eigenvalue weighted by molar-refractivity contribution is 0.199. The fourth-order valence-corrected chi connectivity index (χ4v) is 6.97. The summed E-state index contributed by atoms with van der Waals surface area (Å²) >= 11 is 0. The number of hydrogen-bond acceptors (Lipinski definition) is 7. The first kappa shape index (κ1) is 21.7. The SMILES string of the molecule is C[C@@H]1CN(S(=O)(=O)c2cn(C)cn2)CC[C@@H]1n1c(CC2CC2)nc2c1-c1nc(N)ncc1CC2. The molecule has 0 radical (unpaired) electrons. The monoisotopic (exact) mass is 482 g/mol. The first-order chi connectivity index (χ1) is 16.3. The van der Waals surface area contributed by atoms with Gasteiger partial charge in [-0.1, -0.05) is 6.92 Å². The number of anilines is 1. The van der Waals surface area contributed by atoms with Gasteiger partial charge in [-0.25, -0.2) is 28.4 Å². The first-order valence-electron chi connectivity index (χ1n) is 12.0. The van der Waals surface area contributed by atoms with E-state index in [1.807, 2.05) is 6.20 Å². The van der Waals surface area contributed by atoms with E-state index in [4.69, 9.17) is 10.7 Å². The van der Waals surface area contributed by atoms with Crippen molar-refractivity contribution in [3.8, 4) is 11.4 Å². The summed E-state index contributed by atoms with van der Waals surface area (Å²) in [5.41, 5.74) is 10.1. The smallest absolute Gasteiger partial charge is 0.262 e. The van der Waals surface area contributed by atoms with Crippen LogP contribution < -0.4 is 5.73 Å². The summed E-state index contributed by atoms with van der Waals surface area (Å²) in [4.78, 5) is 18.0. The zero-order valence-electron chi connectivity index (χ0n) is 19.6. The van der Waals surface area contributed by atoms with Crippen molar-refractivity contribution in [1.29, 1.82) is 0 Å². The molecule has 6 rings (SSSR count). The molecule has 2 atom stereocenters. The third kappa shape index (κ3) is 3.61. The van der Waals surface area contributed by atoms with E-state index in [2.05, 4.69) is 26.4 Å². The van der Waals surface area contributed by atoms with Crippen LogP contribution in [0.5, 0.6) is 0 Å². The minimum Gasteiger partial charge on any atom is -0.368 e. The van der Waals surface area contributed by atoms with Crippen molar-refractivity contribution < 1.29 is 8.42 Å². The molecule has 11 heteroatoms. The number of aryl methyl sites for hydroxylation is 3. The minimum absolute atomic E-state index is 0.105. The van der Waals surface area contributed by atoms with E-state index < -0.39 is 10.0 Å². The normalized spacial score (nSPS) is 23.0. The summed E-state index contributed by atoms with van der Waals surface area (Å²) < 4.78 is 32.0. The van der Waals surface area contributed by atoms with Gasteiger partial charge in [0.2, 0.25) is 5.95 Å². The third-order valence-electron chi connectivity index (χ3n) is 7.40. The van der Waals surface area contributed by atoms with E-state index in [0.29, 0.717) is 25.4 Å². The number of aromatic nitrogens is 6. The molecule has 34 heavy (non-hydrogen) atoms. The van der Waals surface area contributed by atoms with E-state index in [1.165, 1.54) is 19.2 Å². The van der Waals surface area contributed by atoms with E-state index in [0.717, 1.165) is 47.7 Å². The number of nitrogens with zero attached hydrogens (tertiary/aromatic N) is 7. The predicted molar refractivity (Wildman–Crippen MR) is 126 cm³/mol. The van der Waals surface area contributed by atoms with Crippen LogP contribution in [-0.4, -0.2) is 54.9 Å². The van der Waals surface area contributed by atoms with Crippen LogP contribution in [0.2, 0.25) is 0 Å². The Morgan fingerprint density at radius 2 is 1.97 bits per heavy atom. The maximum atomic E-state index is 13.2. The molecule has 2 N–H and O–H groups in total. The number of sulfonamides is 1. The van der Waals surface area contributed by atoms with Gasteiger partial charge in [0.1, 0.15) is 5.82 Å². The van der Waals surface area contributed by atoms with Gasteiger partial charge >= 0.3 is 0 Å². The Kier molecular flexibility index (Phi) is 5.03. The summed E-state index contributed by atoms with van der Waals surface area (Å²) in [6.45, 7) is 3.02. The van der Waals surface area contributed by atoms with Crippen LogP contribution in [0.3, 0.4) is 0 Å². The van der Waals surface area contributed by atoms with Gasteiger partial charge < -0.3 is 14.9 Å². The molecule has 180 valence electrons. The average molecular weight is 483 g/mol. The van der Waals surface area contributed by atoms with Crippen molar-refractivity contribution in [2.24, 2.45) is 18.9 Å². The first-order valence-corrected chi connectivity index (χ1v) is 13.4. The maximum absolute atomic E-state index is 13.2. The second kappa shape index (κ2) is 7.88. The highest BCUT2D eigenvalue weighted by Crippen LogP contribution is 2.42. The molecule has 0 aromatic carbocycles. The summed E-state index contributed by atoms with van der Waals surface area (Å²) in [5, 5.41) is 0.108. The molecule has 3 aromatic rings. The van der Waals surface area contributed by atoms with Crippen LogP contribution in [0, 0.1) is 11.8 Å². The van der Waals surface area contributed by atoms with Crippen molar-refractivity contribution in [1.82, 2.24) is 33.4 Å². The molecule has 2 aliphatic carbocycles. The molecule has 0 amide bonds. The molecule has 3 aliphatic rings. The standard InChI is InChI=1S/C23H30N8O2S/c1-14-11-30(34(32,33)20-12-29(2)13-26-20)8-7-18(14)31-19(9-15-3-4-15)27-17-6-5-16-10-25-23(24)28-21(16)22(17)31/h10,12-15,18H,3-9,11H2,1-2H3,(H2,24,25,28)/t14-,18+/m1/s1. The molecule has 1 saturated carbocycles. The van der Waals surface area contributed by atoms with Gasteiger partial charge in [-0.3, -0.25) is 0 Å². The maximum Gasteiger partial charge on any atom is 0.262 e. The lowest BCUT2D eigenvalue weighted by Gasteiger charge is -2.38. The number of piperidine rings is 1. The van der Waals surface area contributed by atoms with Crippen LogP contribution in [0.4, 0.5) is 5.95 Å². The Morgan fingerprint density at radius 1 is 1.15 bits per heavy atom. The molecule has 1 aliphatic heterocycles. The zero-order valence-corrected chi connectivity index (χ0v) is 20.4. The number of fused-ring (bicyclic) bond motifs is 3. The molecule has 0 spiro atoms. The lowest BCUT2D eigenvalue weighted by atomic mass is 9.92. The average Bonchev–Trinajstić information content (AvgIpc) is 3.38. The molecule has 2 fully saturated rings. The highest BCUT2D eigenvalue weighted by molar-refractivity contribution is 7.89. The second-order valence-corrected chi connectivity index (χ2v) is 11.9. The fraction of sp³-hybridized carbons (Fsp3) is 0.565. The molecule has 4 heterocycles. The van der Waals surface area contributed by atoms with Crippen LogP contribution in [-0.2, 0) is 36.3 Å². The number of hydrogen-bond donors (Lipinski definition) is 1. The molecule has 3 aromatic heterocycles. The Morgan fingerprint density at radius 3 is 2.68 bits per heavy atom. The van der Waals surface area contributed by atoms with Gasteiger partial charge in [-0.05, 0) is 49.5 Å². The Bertz CT molecular complexity index is 1360. The number of rotatable bonds is 5. The van der Waals surface area contributed by atoms with Crippen molar-refractivity contribution in [2.75, 3.05) is 18.8 Å². The number of nitrogen functional groups attached to an aromatic ring is 1.